The summed E-state index contributed by atoms with van der Waals surface area (Å²) in [6, 6.07) is 6.24. The minimum absolute atomic E-state index is 0.0570. The van der Waals surface area contributed by atoms with Crippen molar-refractivity contribution in [3.05, 3.63) is 41.0 Å². The molecule has 2 aliphatic rings. The molecule has 0 atom stereocenters. The first-order chi connectivity index (χ1) is 9.66. The monoisotopic (exact) mass is 268 g/mol. The first-order valence-electron chi connectivity index (χ1n) is 7.28. The molecule has 1 aliphatic heterocycles. The van der Waals surface area contributed by atoms with Gasteiger partial charge in [-0.3, -0.25) is 9.79 Å². The average molecular weight is 268 g/mol. The molecule has 20 heavy (non-hydrogen) atoms. The molecule has 1 aliphatic carbocycles. The van der Waals surface area contributed by atoms with E-state index in [1.165, 1.54) is 24.0 Å². The van der Waals surface area contributed by atoms with Crippen LogP contribution in [0.2, 0.25) is 0 Å². The summed E-state index contributed by atoms with van der Waals surface area (Å²) in [6.45, 7) is 2.33. The van der Waals surface area contributed by atoms with Gasteiger partial charge in [0.1, 0.15) is 6.54 Å². The lowest BCUT2D eigenvalue weighted by Gasteiger charge is -2.20. The molecule has 104 valence electrons. The molecule has 0 radical (unpaired) electrons. The smallest absolute Gasteiger partial charge is 0.248 e. The zero-order chi connectivity index (χ0) is 14.1. The summed E-state index contributed by atoms with van der Waals surface area (Å²) in [4.78, 5) is 18.4. The van der Waals surface area contributed by atoms with E-state index in [0.717, 1.165) is 29.8 Å². The van der Waals surface area contributed by atoms with E-state index in [9.17, 15) is 4.79 Å². The van der Waals surface area contributed by atoms with Crippen LogP contribution < -0.4 is 4.90 Å². The molecule has 0 saturated carbocycles. The fourth-order valence-corrected chi connectivity index (χ4v) is 2.93. The number of aryl methyl sites for hydroxylation is 1. The van der Waals surface area contributed by atoms with Gasteiger partial charge in [-0.15, -0.1) is 0 Å². The number of hydrogen-bond acceptors (Lipinski definition) is 2. The number of allylic oxidation sites excluding steroid dienone is 2. The maximum absolute atomic E-state index is 12.1. The molecule has 0 bridgehead atoms. The highest BCUT2D eigenvalue weighted by Gasteiger charge is 2.23. The van der Waals surface area contributed by atoms with E-state index in [0.29, 0.717) is 0 Å². The second-order valence-electron chi connectivity index (χ2n) is 5.61. The van der Waals surface area contributed by atoms with Crippen LogP contribution in [-0.4, -0.2) is 25.2 Å². The number of amides is 1. The van der Waals surface area contributed by atoms with Crippen molar-refractivity contribution in [3.8, 4) is 0 Å². The molecule has 1 heterocycles. The van der Waals surface area contributed by atoms with Crippen LogP contribution in [0.1, 0.15) is 36.8 Å². The second kappa shape index (κ2) is 5.23. The molecule has 3 rings (SSSR count). The van der Waals surface area contributed by atoms with E-state index >= 15 is 0 Å². The maximum Gasteiger partial charge on any atom is 0.248 e. The predicted molar refractivity (Wildman–Crippen MR) is 82.5 cm³/mol. The van der Waals surface area contributed by atoms with Crippen LogP contribution in [0.3, 0.4) is 0 Å². The van der Waals surface area contributed by atoms with E-state index in [-0.39, 0.29) is 12.5 Å². The molecule has 0 unspecified atom stereocenters. The Balaban J connectivity index is 2.14. The fraction of sp³-hybridized carbons (Fsp3) is 0.412. The van der Waals surface area contributed by atoms with E-state index in [2.05, 4.69) is 30.1 Å². The van der Waals surface area contributed by atoms with Gasteiger partial charge in [0.05, 0.1) is 11.4 Å². The van der Waals surface area contributed by atoms with Crippen LogP contribution >= 0.6 is 0 Å². The van der Waals surface area contributed by atoms with Gasteiger partial charge in [-0.2, -0.15) is 0 Å². The Kier molecular flexibility index (Phi) is 3.43. The molecule has 0 spiro atoms. The van der Waals surface area contributed by atoms with Crippen LogP contribution in [0.5, 0.6) is 0 Å². The van der Waals surface area contributed by atoms with Crippen molar-refractivity contribution < 1.29 is 4.79 Å². The van der Waals surface area contributed by atoms with Gasteiger partial charge >= 0.3 is 0 Å². The van der Waals surface area contributed by atoms with Gasteiger partial charge in [0.2, 0.25) is 5.91 Å². The highest BCUT2D eigenvalue weighted by atomic mass is 16.2. The van der Waals surface area contributed by atoms with E-state index < -0.39 is 0 Å². The van der Waals surface area contributed by atoms with Crippen LogP contribution in [0, 0.1) is 6.92 Å². The summed E-state index contributed by atoms with van der Waals surface area (Å²) in [6.07, 6.45) is 6.97. The lowest BCUT2D eigenvalue weighted by molar-refractivity contribution is -0.116. The van der Waals surface area contributed by atoms with Crippen molar-refractivity contribution in [2.75, 3.05) is 18.5 Å². The Morgan fingerprint density at radius 1 is 1.25 bits per heavy atom. The number of hydrogen-bond donors (Lipinski definition) is 0. The Bertz CT molecular complexity index is 613. The highest BCUT2D eigenvalue weighted by molar-refractivity contribution is 6.19. The van der Waals surface area contributed by atoms with Gasteiger partial charge in [0.15, 0.2) is 0 Å². The average Bonchev–Trinajstić information content (AvgIpc) is 2.58. The van der Waals surface area contributed by atoms with Crippen LogP contribution in [-0.2, 0) is 4.79 Å². The number of carbonyl (C=O) groups excluding carboxylic acids is 1. The Hall–Kier alpha value is -1.90. The third-order valence-corrected chi connectivity index (χ3v) is 4.11. The van der Waals surface area contributed by atoms with Crippen LogP contribution in [0.15, 0.2) is 34.8 Å². The molecule has 1 aromatic carbocycles. The van der Waals surface area contributed by atoms with Crippen molar-refractivity contribution in [3.63, 3.8) is 0 Å². The molecular formula is C17H20N2O. The number of benzene rings is 1. The molecule has 1 amide bonds. The maximum atomic E-state index is 12.1. The zero-order valence-electron chi connectivity index (χ0n) is 12.1. The lowest BCUT2D eigenvalue weighted by atomic mass is 9.91. The van der Waals surface area contributed by atoms with Crippen molar-refractivity contribution in [1.82, 2.24) is 0 Å². The van der Waals surface area contributed by atoms with Crippen LogP contribution in [0.25, 0.3) is 0 Å². The molecule has 3 nitrogen and oxygen atoms in total. The predicted octanol–water partition coefficient (Wildman–Crippen LogP) is 3.26. The minimum atomic E-state index is 0.0570. The quantitative estimate of drug-likeness (QED) is 0.769. The van der Waals surface area contributed by atoms with E-state index in [4.69, 9.17) is 0 Å². The Labute approximate surface area is 120 Å². The highest BCUT2D eigenvalue weighted by Crippen LogP contribution is 2.30. The number of aliphatic imine (C=N–C) groups is 1. The topological polar surface area (TPSA) is 32.7 Å². The first kappa shape index (κ1) is 13.1. The van der Waals surface area contributed by atoms with Gasteiger partial charge in [0.25, 0.3) is 0 Å². The molecule has 0 N–H and O–H groups in total. The van der Waals surface area contributed by atoms with Gasteiger partial charge < -0.3 is 4.90 Å². The lowest BCUT2D eigenvalue weighted by Crippen LogP contribution is -2.27. The summed E-state index contributed by atoms with van der Waals surface area (Å²) in [5, 5.41) is 0. The van der Waals surface area contributed by atoms with E-state index in [1.807, 2.05) is 13.1 Å². The largest absolute Gasteiger partial charge is 0.313 e. The number of benzodiazepines with no additional fused rings is 1. The molecule has 0 saturated heterocycles. The normalized spacial score (nSPS) is 19.1. The van der Waals surface area contributed by atoms with Crippen molar-refractivity contribution in [1.29, 1.82) is 0 Å². The molecule has 3 heteroatoms. The summed E-state index contributed by atoms with van der Waals surface area (Å²) in [5.41, 5.74) is 5.62. The summed E-state index contributed by atoms with van der Waals surface area (Å²) in [5.74, 6) is 0.0570. The van der Waals surface area contributed by atoms with Crippen molar-refractivity contribution >= 4 is 17.3 Å². The standard InChI is InChI=1S/C17H20N2O/c1-12-8-9-15-14(10-12)17(13-6-4-3-5-7-13)18-11-16(20)19(15)2/h6,8-10H,3-5,7,11H2,1-2H3. The zero-order valence-corrected chi connectivity index (χ0v) is 12.1. The first-order valence-corrected chi connectivity index (χ1v) is 7.28. The second-order valence-corrected chi connectivity index (χ2v) is 5.61. The molecular weight excluding hydrogens is 248 g/mol. The van der Waals surface area contributed by atoms with Gasteiger partial charge in [-0.1, -0.05) is 17.7 Å². The van der Waals surface area contributed by atoms with Crippen molar-refractivity contribution in [2.24, 2.45) is 4.99 Å². The number of carbonyl (C=O) groups is 1. The number of anilines is 1. The third kappa shape index (κ3) is 2.28. The fourth-order valence-electron chi connectivity index (χ4n) is 2.93. The number of rotatable bonds is 1. The third-order valence-electron chi connectivity index (χ3n) is 4.11. The summed E-state index contributed by atoms with van der Waals surface area (Å²) < 4.78 is 0. The van der Waals surface area contributed by atoms with E-state index in [1.54, 1.807) is 4.90 Å². The van der Waals surface area contributed by atoms with Gasteiger partial charge in [-0.25, -0.2) is 0 Å². The molecule has 1 aromatic rings. The number of likely N-dealkylation sites (N-methyl/N-ethyl adjacent to an activating group) is 1. The summed E-state index contributed by atoms with van der Waals surface area (Å²) in [7, 11) is 1.84. The van der Waals surface area contributed by atoms with Crippen LogP contribution in [0.4, 0.5) is 5.69 Å². The number of nitrogens with zero attached hydrogens (tertiary/aromatic N) is 2. The Morgan fingerprint density at radius 3 is 2.85 bits per heavy atom. The van der Waals surface area contributed by atoms with Gasteiger partial charge in [0, 0.05) is 12.6 Å². The summed E-state index contributed by atoms with van der Waals surface area (Å²) >= 11 is 0. The van der Waals surface area contributed by atoms with Crippen molar-refractivity contribution in [2.45, 2.75) is 32.6 Å². The van der Waals surface area contributed by atoms with Gasteiger partial charge in [-0.05, 0) is 50.3 Å². The number of fused-ring (bicyclic) bond motifs is 1. The Morgan fingerprint density at radius 2 is 2.10 bits per heavy atom. The minimum Gasteiger partial charge on any atom is -0.313 e. The molecule has 0 aromatic heterocycles. The molecule has 0 fully saturated rings. The SMILES string of the molecule is Cc1ccc2c(c1)C(C1=CCCCC1)=NCC(=O)N2C.